The van der Waals surface area contributed by atoms with Crippen LogP contribution < -0.4 is 21.3 Å². The van der Waals surface area contributed by atoms with Gasteiger partial charge in [0.2, 0.25) is 65.0 Å². The van der Waals surface area contributed by atoms with Crippen molar-refractivity contribution in [2.24, 2.45) is 41.4 Å². The van der Waals surface area contributed by atoms with Gasteiger partial charge in [0.25, 0.3) is 0 Å². The highest BCUT2D eigenvalue weighted by atomic mass is 16.5. The van der Waals surface area contributed by atoms with Gasteiger partial charge in [-0.15, -0.1) is 0 Å². The van der Waals surface area contributed by atoms with Crippen LogP contribution in [0.5, 0.6) is 0 Å². The summed E-state index contributed by atoms with van der Waals surface area (Å²) in [6.45, 7) is 27.6. The predicted octanol–water partition coefficient (Wildman–Crippen LogP) is 2.34. The zero-order chi connectivity index (χ0) is 66.0. The van der Waals surface area contributed by atoms with Crippen LogP contribution in [0.25, 0.3) is 0 Å². The van der Waals surface area contributed by atoms with Gasteiger partial charge in [-0.1, -0.05) is 96.9 Å². The first-order chi connectivity index (χ1) is 39.2. The van der Waals surface area contributed by atoms with Crippen molar-refractivity contribution in [2.75, 3.05) is 69.6 Å². The lowest BCUT2D eigenvalue weighted by Crippen LogP contribution is -2.63. The minimum atomic E-state index is -1.63. The Morgan fingerprint density at radius 3 is 1.32 bits per heavy atom. The summed E-state index contributed by atoms with van der Waals surface area (Å²) in [5.74, 6) is -9.84. The van der Waals surface area contributed by atoms with Crippen LogP contribution in [0.4, 0.5) is 0 Å². The Labute approximate surface area is 508 Å². The Hall–Kier alpha value is -5.91. The molecule has 12 atom stereocenters. The summed E-state index contributed by atoms with van der Waals surface area (Å²) in [5.41, 5.74) is 0. The van der Waals surface area contributed by atoms with Crippen LogP contribution in [-0.2, 0) is 57.5 Å². The molecule has 11 amide bonds. The molecule has 0 aromatic carbocycles. The standard InChI is InChI=1S/C61H111N11O13/c1-25-42-57(80)66(17)32-47(73)67(18)43(28-33(2)3)54(77)65-48(37(10)11)60(83)68(19)44(29-34(4)5)53(76)62-40(15)52(75)63-41(16)56(79)69(20)45(30-35(6)7)58(81)70(21)46(31-36(8)9)59(82)71(22)49(38(12)13)61(84)72(23)50(55(78)64-42)51(74)39(14)26-27-85-24/h33-46,48-51,74H,25-32H2,1-24H3,(H,62,76)(H,63,75)(H,64,78)(H,65,77)/t39-,40+,41-,42+,43+,44+,45+,46+,48+,49+,50+,51-/m1/s1. The highest BCUT2D eigenvalue weighted by Gasteiger charge is 2.46. The average molecular weight is 1210 g/mol. The molecular weight excluding hydrogens is 1090 g/mol. The van der Waals surface area contributed by atoms with Crippen molar-refractivity contribution in [3.05, 3.63) is 0 Å². The second-order valence-corrected chi connectivity index (χ2v) is 26.1. The first-order valence-corrected chi connectivity index (χ1v) is 30.4. The van der Waals surface area contributed by atoms with E-state index in [1.807, 2.05) is 55.4 Å². The molecule has 0 unspecified atom stereocenters. The summed E-state index contributed by atoms with van der Waals surface area (Å²) in [7, 11) is 11.4. The minimum Gasteiger partial charge on any atom is -0.390 e. The van der Waals surface area contributed by atoms with E-state index >= 15 is 9.59 Å². The van der Waals surface area contributed by atoms with Crippen molar-refractivity contribution in [3.63, 3.8) is 0 Å². The molecular formula is C61H111N11O13. The Morgan fingerprint density at radius 2 is 0.871 bits per heavy atom. The number of likely N-dealkylation sites (N-methyl/N-ethyl adjacent to an activating group) is 7. The van der Waals surface area contributed by atoms with E-state index in [2.05, 4.69) is 21.3 Å². The van der Waals surface area contributed by atoms with Crippen molar-refractivity contribution in [1.82, 2.24) is 55.6 Å². The Bertz CT molecular complexity index is 2280. The van der Waals surface area contributed by atoms with Gasteiger partial charge >= 0.3 is 0 Å². The number of nitrogens with zero attached hydrogens (tertiary/aromatic N) is 7. The van der Waals surface area contributed by atoms with E-state index in [0.29, 0.717) is 0 Å². The van der Waals surface area contributed by atoms with Gasteiger partial charge in [0.15, 0.2) is 0 Å². The van der Waals surface area contributed by atoms with Crippen LogP contribution in [0.1, 0.15) is 149 Å². The summed E-state index contributed by atoms with van der Waals surface area (Å²) in [6, 6.07) is -12.4. The fraction of sp³-hybridized carbons (Fsp3) is 0.820. The van der Waals surface area contributed by atoms with Gasteiger partial charge in [-0.3, -0.25) is 52.7 Å². The SMILES string of the molecule is CC[C@@H]1NC(=O)[C@H]([C@H](O)[C@H](C)CCOC)N(C)C(=O)[C@H](C(C)C)N(C)C(=O)[C@H](CC(C)C)N(C)C(=O)[C@H](CC(C)C)N(C)C(=O)[C@@H](C)NC(=O)[C@H](C)NC(=O)[C@H](CC(C)C)N(C)C(=O)[C@H](C(C)C)NC(=O)[C@H](CC(C)C)N(C)C(=O)CN(C)C1=O. The maximum atomic E-state index is 15.1. The van der Waals surface area contributed by atoms with Gasteiger partial charge in [-0.2, -0.15) is 0 Å². The number of ether oxygens (including phenoxy) is 1. The monoisotopic (exact) mass is 1210 g/mol. The molecule has 0 bridgehead atoms. The molecule has 0 aromatic heterocycles. The summed E-state index contributed by atoms with van der Waals surface area (Å²) in [4.78, 5) is 168. The molecule has 1 heterocycles. The van der Waals surface area contributed by atoms with Crippen LogP contribution in [0.3, 0.4) is 0 Å². The molecule has 24 nitrogen and oxygen atoms in total. The van der Waals surface area contributed by atoms with Crippen LogP contribution in [0.2, 0.25) is 0 Å². The van der Waals surface area contributed by atoms with Gasteiger partial charge in [-0.05, 0) is 93.8 Å². The molecule has 488 valence electrons. The number of hydrogen-bond donors (Lipinski definition) is 5. The van der Waals surface area contributed by atoms with Gasteiger partial charge in [0, 0.05) is 63.1 Å². The number of rotatable bonds is 16. The van der Waals surface area contributed by atoms with Gasteiger partial charge < -0.3 is 65.4 Å². The van der Waals surface area contributed by atoms with E-state index in [9.17, 15) is 48.3 Å². The molecule has 0 spiro atoms. The normalized spacial score (nSPS) is 26.8. The van der Waals surface area contributed by atoms with E-state index in [-0.39, 0.29) is 68.8 Å². The van der Waals surface area contributed by atoms with E-state index in [1.54, 1.807) is 41.5 Å². The quantitative estimate of drug-likeness (QED) is 0.149. The topological polar surface area (TPSA) is 288 Å². The molecule has 0 saturated carbocycles. The van der Waals surface area contributed by atoms with Gasteiger partial charge in [0.1, 0.15) is 60.4 Å². The van der Waals surface area contributed by atoms with Crippen molar-refractivity contribution >= 4 is 65.0 Å². The second kappa shape index (κ2) is 35.0. The maximum Gasteiger partial charge on any atom is 0.246 e. The number of hydrogen-bond acceptors (Lipinski definition) is 13. The number of aliphatic hydroxyl groups is 1. The largest absolute Gasteiger partial charge is 0.390 e. The molecule has 1 aliphatic rings. The summed E-state index contributed by atoms with van der Waals surface area (Å²) in [5, 5.41) is 23.0. The number of aliphatic hydroxyl groups excluding tert-OH is 1. The number of carbonyl (C=O) groups excluding carboxylic acids is 11. The van der Waals surface area contributed by atoms with Crippen molar-refractivity contribution in [3.8, 4) is 0 Å². The zero-order valence-electron chi connectivity index (χ0n) is 56.0. The number of nitrogens with one attached hydrogen (secondary N) is 4. The van der Waals surface area contributed by atoms with Gasteiger partial charge in [-0.25, -0.2) is 0 Å². The molecule has 24 heteroatoms. The Balaban J connectivity index is 4.31. The second-order valence-electron chi connectivity index (χ2n) is 26.1. The minimum absolute atomic E-state index is 0.0140. The summed E-state index contributed by atoms with van der Waals surface area (Å²) in [6.07, 6.45) is -0.643. The highest BCUT2D eigenvalue weighted by molar-refractivity contribution is 5.99. The fourth-order valence-corrected chi connectivity index (χ4v) is 10.7. The Morgan fingerprint density at radius 1 is 0.459 bits per heavy atom. The molecule has 85 heavy (non-hydrogen) atoms. The third-order valence-corrected chi connectivity index (χ3v) is 16.1. The zero-order valence-corrected chi connectivity index (χ0v) is 56.0. The van der Waals surface area contributed by atoms with E-state index in [4.69, 9.17) is 4.74 Å². The van der Waals surface area contributed by atoms with E-state index in [1.165, 1.54) is 94.8 Å². The number of carbonyl (C=O) groups is 11. The summed E-state index contributed by atoms with van der Waals surface area (Å²) < 4.78 is 5.29. The lowest BCUT2D eigenvalue weighted by atomic mass is 9.91. The fourth-order valence-electron chi connectivity index (χ4n) is 10.7. The molecule has 1 rings (SSSR count). The molecule has 1 fully saturated rings. The first-order valence-electron chi connectivity index (χ1n) is 30.4. The first kappa shape index (κ1) is 77.1. The third-order valence-electron chi connectivity index (χ3n) is 16.1. The number of amides is 11. The Kier molecular flexibility index (Phi) is 31.8. The van der Waals surface area contributed by atoms with E-state index in [0.717, 1.165) is 9.80 Å². The van der Waals surface area contributed by atoms with Crippen molar-refractivity contribution in [2.45, 2.75) is 216 Å². The summed E-state index contributed by atoms with van der Waals surface area (Å²) >= 11 is 0. The lowest BCUT2D eigenvalue weighted by molar-refractivity contribution is -0.157. The van der Waals surface area contributed by atoms with Crippen LogP contribution >= 0.6 is 0 Å². The predicted molar refractivity (Wildman–Crippen MR) is 326 cm³/mol. The number of methoxy groups -OCH3 is 1. The smallest absolute Gasteiger partial charge is 0.246 e. The van der Waals surface area contributed by atoms with E-state index < -0.39 is 156 Å². The lowest BCUT2D eigenvalue weighted by Gasteiger charge is -2.41. The van der Waals surface area contributed by atoms with Crippen molar-refractivity contribution in [1.29, 1.82) is 0 Å². The van der Waals surface area contributed by atoms with Crippen LogP contribution in [0, 0.1) is 41.4 Å². The van der Waals surface area contributed by atoms with Crippen molar-refractivity contribution < 1.29 is 62.6 Å². The maximum absolute atomic E-state index is 15.1. The van der Waals surface area contributed by atoms with Crippen LogP contribution in [-0.4, -0.2) is 241 Å². The van der Waals surface area contributed by atoms with Crippen LogP contribution in [0.15, 0.2) is 0 Å². The van der Waals surface area contributed by atoms with Gasteiger partial charge in [0.05, 0.1) is 12.6 Å². The molecule has 1 aliphatic heterocycles. The molecule has 5 N–H and O–H groups in total. The molecule has 1 saturated heterocycles. The molecule has 0 aliphatic carbocycles. The highest BCUT2D eigenvalue weighted by Crippen LogP contribution is 2.25. The molecule has 0 radical (unpaired) electrons. The average Bonchev–Trinajstić information content (AvgIpc) is 2.61. The third kappa shape index (κ3) is 21.8. The molecule has 0 aromatic rings.